The summed E-state index contributed by atoms with van der Waals surface area (Å²) in [5, 5.41) is 11.8. The maximum absolute atomic E-state index is 12.2. The number of aliphatic carboxylic acids is 1. The lowest BCUT2D eigenvalue weighted by Crippen LogP contribution is -2.57. The molecule has 20 heavy (non-hydrogen) atoms. The van der Waals surface area contributed by atoms with Crippen molar-refractivity contribution in [2.75, 3.05) is 20.1 Å². The zero-order valence-corrected chi connectivity index (χ0v) is 12.5. The molecule has 7 nitrogen and oxygen atoms in total. The van der Waals surface area contributed by atoms with Crippen LogP contribution in [0.4, 0.5) is 4.79 Å². The van der Waals surface area contributed by atoms with Crippen molar-refractivity contribution in [3.63, 3.8) is 0 Å². The number of likely N-dealkylation sites (N-methyl/N-ethyl adjacent to an activating group) is 1. The lowest BCUT2D eigenvalue weighted by molar-refractivity contribution is -0.147. The quantitative estimate of drug-likeness (QED) is 0.787. The number of likely N-dealkylation sites (tertiary alicyclic amines) is 1. The second-order valence-corrected chi connectivity index (χ2v) is 5.36. The van der Waals surface area contributed by atoms with Crippen molar-refractivity contribution in [2.45, 2.75) is 45.2 Å². The van der Waals surface area contributed by atoms with E-state index in [1.807, 2.05) is 6.92 Å². The topological polar surface area (TPSA) is 90.0 Å². The number of hydrogen-bond acceptors (Lipinski definition) is 3. The molecule has 0 radical (unpaired) electrons. The molecule has 2 unspecified atom stereocenters. The Bertz CT molecular complexity index is 412. The highest BCUT2D eigenvalue weighted by Crippen LogP contribution is 2.29. The SMILES string of the molecule is CCN(C)C(=O)C(C)NC(=O)N1CCCC1(C)C(=O)O. The molecular formula is C13H23N3O4. The van der Waals surface area contributed by atoms with Crippen molar-refractivity contribution in [3.8, 4) is 0 Å². The van der Waals surface area contributed by atoms with Crippen LogP contribution in [-0.2, 0) is 9.59 Å². The van der Waals surface area contributed by atoms with Crippen LogP contribution in [0.1, 0.15) is 33.6 Å². The predicted molar refractivity (Wildman–Crippen MR) is 73.3 cm³/mol. The van der Waals surface area contributed by atoms with Gasteiger partial charge in [0.15, 0.2) is 0 Å². The fourth-order valence-electron chi connectivity index (χ4n) is 2.32. The van der Waals surface area contributed by atoms with E-state index in [1.54, 1.807) is 14.0 Å². The first-order valence-electron chi connectivity index (χ1n) is 6.80. The van der Waals surface area contributed by atoms with Gasteiger partial charge in [-0.1, -0.05) is 0 Å². The minimum atomic E-state index is -1.19. The van der Waals surface area contributed by atoms with Gasteiger partial charge in [-0.25, -0.2) is 9.59 Å². The van der Waals surface area contributed by atoms with Crippen LogP contribution in [0.15, 0.2) is 0 Å². The molecule has 1 fully saturated rings. The molecule has 0 spiro atoms. The number of hydrogen-bond donors (Lipinski definition) is 2. The summed E-state index contributed by atoms with van der Waals surface area (Å²) < 4.78 is 0. The number of nitrogens with zero attached hydrogens (tertiary/aromatic N) is 2. The molecule has 2 N–H and O–H groups in total. The average molecular weight is 285 g/mol. The highest BCUT2D eigenvalue weighted by Gasteiger charge is 2.46. The zero-order valence-electron chi connectivity index (χ0n) is 12.5. The van der Waals surface area contributed by atoms with Crippen LogP contribution in [0.3, 0.4) is 0 Å². The standard InChI is InChI=1S/C13H23N3O4/c1-5-15(4)10(17)9(2)14-12(20)16-8-6-7-13(16,3)11(18)19/h9H,5-8H2,1-4H3,(H,14,20)(H,18,19). The molecule has 0 aromatic heterocycles. The van der Waals surface area contributed by atoms with Crippen molar-refractivity contribution in [1.82, 2.24) is 15.1 Å². The van der Waals surface area contributed by atoms with Gasteiger partial charge in [0.1, 0.15) is 11.6 Å². The minimum absolute atomic E-state index is 0.197. The van der Waals surface area contributed by atoms with Gasteiger partial charge in [-0.05, 0) is 33.6 Å². The Labute approximate surface area is 118 Å². The van der Waals surface area contributed by atoms with Crippen LogP contribution in [0.25, 0.3) is 0 Å². The molecule has 1 saturated heterocycles. The van der Waals surface area contributed by atoms with E-state index in [-0.39, 0.29) is 5.91 Å². The summed E-state index contributed by atoms with van der Waals surface area (Å²) in [6.07, 6.45) is 1.07. The van der Waals surface area contributed by atoms with E-state index in [2.05, 4.69) is 5.32 Å². The Morgan fingerprint density at radius 3 is 2.55 bits per heavy atom. The van der Waals surface area contributed by atoms with Gasteiger partial charge in [0.05, 0.1) is 0 Å². The van der Waals surface area contributed by atoms with Crippen molar-refractivity contribution in [1.29, 1.82) is 0 Å². The third-order valence-electron chi connectivity index (χ3n) is 3.91. The second-order valence-electron chi connectivity index (χ2n) is 5.36. The zero-order chi connectivity index (χ0) is 15.5. The predicted octanol–water partition coefficient (Wildman–Crippen LogP) is 0.502. The van der Waals surface area contributed by atoms with E-state index in [4.69, 9.17) is 0 Å². The van der Waals surface area contributed by atoms with E-state index in [0.717, 1.165) is 0 Å². The molecule has 0 bridgehead atoms. The van der Waals surface area contributed by atoms with Gasteiger partial charge in [-0.15, -0.1) is 0 Å². The fourth-order valence-corrected chi connectivity index (χ4v) is 2.32. The van der Waals surface area contributed by atoms with E-state index in [9.17, 15) is 19.5 Å². The number of carbonyl (C=O) groups is 3. The van der Waals surface area contributed by atoms with Crippen molar-refractivity contribution >= 4 is 17.9 Å². The van der Waals surface area contributed by atoms with Gasteiger partial charge in [0.25, 0.3) is 0 Å². The number of rotatable bonds is 4. The monoisotopic (exact) mass is 285 g/mol. The maximum atomic E-state index is 12.2. The molecule has 1 aliphatic rings. The van der Waals surface area contributed by atoms with Crippen molar-refractivity contribution in [3.05, 3.63) is 0 Å². The minimum Gasteiger partial charge on any atom is -0.480 e. The van der Waals surface area contributed by atoms with Gasteiger partial charge in [0.2, 0.25) is 5.91 Å². The molecule has 7 heteroatoms. The first-order chi connectivity index (χ1) is 9.24. The molecule has 0 saturated carbocycles. The van der Waals surface area contributed by atoms with Crippen LogP contribution in [0, 0.1) is 0 Å². The van der Waals surface area contributed by atoms with Crippen LogP contribution >= 0.6 is 0 Å². The van der Waals surface area contributed by atoms with Crippen LogP contribution in [0.5, 0.6) is 0 Å². The van der Waals surface area contributed by atoms with E-state index < -0.39 is 23.6 Å². The Balaban J connectivity index is 2.72. The van der Waals surface area contributed by atoms with Crippen LogP contribution in [-0.4, -0.2) is 64.5 Å². The summed E-state index contributed by atoms with van der Waals surface area (Å²) in [5.74, 6) is -1.22. The summed E-state index contributed by atoms with van der Waals surface area (Å²) in [6.45, 7) is 5.91. The Kier molecular flexibility index (Phi) is 4.97. The van der Waals surface area contributed by atoms with Crippen molar-refractivity contribution < 1.29 is 19.5 Å². The summed E-state index contributed by atoms with van der Waals surface area (Å²) in [7, 11) is 1.65. The van der Waals surface area contributed by atoms with Gasteiger partial charge >= 0.3 is 12.0 Å². The lowest BCUT2D eigenvalue weighted by atomic mass is 10.00. The number of carbonyl (C=O) groups excluding carboxylic acids is 2. The normalized spacial score (nSPS) is 23.3. The maximum Gasteiger partial charge on any atom is 0.329 e. The summed E-state index contributed by atoms with van der Waals surface area (Å²) in [4.78, 5) is 38.2. The van der Waals surface area contributed by atoms with Gasteiger partial charge in [-0.2, -0.15) is 0 Å². The number of amides is 3. The second kappa shape index (κ2) is 6.11. The third kappa shape index (κ3) is 3.02. The summed E-state index contributed by atoms with van der Waals surface area (Å²) in [6, 6.07) is -1.18. The molecule has 2 atom stereocenters. The molecule has 114 valence electrons. The van der Waals surface area contributed by atoms with Gasteiger partial charge < -0.3 is 20.2 Å². The van der Waals surface area contributed by atoms with Gasteiger partial charge in [0, 0.05) is 20.1 Å². The molecule has 0 aromatic rings. The van der Waals surface area contributed by atoms with E-state index in [1.165, 1.54) is 16.7 Å². The van der Waals surface area contributed by atoms with Crippen LogP contribution < -0.4 is 5.32 Å². The van der Waals surface area contributed by atoms with Gasteiger partial charge in [-0.3, -0.25) is 4.79 Å². The van der Waals surface area contributed by atoms with E-state index in [0.29, 0.717) is 25.9 Å². The van der Waals surface area contributed by atoms with E-state index >= 15 is 0 Å². The molecule has 1 heterocycles. The summed E-state index contributed by atoms with van der Waals surface area (Å²) >= 11 is 0. The highest BCUT2D eigenvalue weighted by atomic mass is 16.4. The Hall–Kier alpha value is -1.79. The largest absolute Gasteiger partial charge is 0.480 e. The molecule has 3 amide bonds. The molecule has 1 aliphatic heterocycles. The van der Waals surface area contributed by atoms with Crippen LogP contribution in [0.2, 0.25) is 0 Å². The number of carboxylic acid groups (broad SMARTS) is 1. The number of carboxylic acids is 1. The average Bonchev–Trinajstić information content (AvgIpc) is 2.80. The lowest BCUT2D eigenvalue weighted by Gasteiger charge is -2.32. The number of urea groups is 1. The molecule has 0 aliphatic carbocycles. The summed E-state index contributed by atoms with van der Waals surface area (Å²) in [5.41, 5.74) is -1.19. The molecule has 0 aromatic carbocycles. The fraction of sp³-hybridized carbons (Fsp3) is 0.769. The first-order valence-corrected chi connectivity index (χ1v) is 6.80. The number of nitrogens with one attached hydrogen (secondary N) is 1. The molecule has 1 rings (SSSR count). The molecular weight excluding hydrogens is 262 g/mol. The highest BCUT2D eigenvalue weighted by molar-refractivity contribution is 5.90. The smallest absolute Gasteiger partial charge is 0.329 e. The first kappa shape index (κ1) is 16.3. The third-order valence-corrected chi connectivity index (χ3v) is 3.91. The Morgan fingerprint density at radius 2 is 2.05 bits per heavy atom. The van der Waals surface area contributed by atoms with Crippen molar-refractivity contribution in [2.24, 2.45) is 0 Å². The Morgan fingerprint density at radius 1 is 1.45 bits per heavy atom.